The number of pyridine rings is 1. The van der Waals surface area contributed by atoms with Crippen LogP contribution in [0.5, 0.6) is 0 Å². The number of hydrogen-bond acceptors (Lipinski definition) is 3. The Labute approximate surface area is 143 Å². The predicted molar refractivity (Wildman–Crippen MR) is 85.9 cm³/mol. The van der Waals surface area contributed by atoms with Crippen molar-refractivity contribution in [1.29, 1.82) is 5.26 Å². The van der Waals surface area contributed by atoms with E-state index in [0.717, 1.165) is 10.0 Å². The second kappa shape index (κ2) is 5.47. The second-order valence-electron chi connectivity index (χ2n) is 4.07. The summed E-state index contributed by atoms with van der Waals surface area (Å²) in [5.41, 5.74) is 1.16. The zero-order chi connectivity index (χ0) is 15.1. The largest absolute Gasteiger partial charge is 0.262 e. The summed E-state index contributed by atoms with van der Waals surface area (Å²) in [7, 11) is 0. The van der Waals surface area contributed by atoms with Crippen molar-refractivity contribution in [3.63, 3.8) is 0 Å². The fourth-order valence-corrected chi connectivity index (χ4v) is 3.18. The highest BCUT2D eigenvalue weighted by Crippen LogP contribution is 2.37. The third kappa shape index (κ3) is 2.19. The van der Waals surface area contributed by atoms with E-state index >= 15 is 0 Å². The number of rotatable bonds is 1. The van der Waals surface area contributed by atoms with Crippen LogP contribution in [-0.4, -0.2) is 14.6 Å². The van der Waals surface area contributed by atoms with Gasteiger partial charge in [0.05, 0.1) is 5.02 Å². The number of halogens is 4. The zero-order valence-electron chi connectivity index (χ0n) is 10.1. The molecule has 2 aromatic heterocycles. The van der Waals surface area contributed by atoms with Crippen molar-refractivity contribution in [3.05, 3.63) is 49.5 Å². The van der Waals surface area contributed by atoms with Gasteiger partial charge in [0.1, 0.15) is 21.8 Å². The van der Waals surface area contributed by atoms with Crippen LogP contribution in [0.4, 0.5) is 0 Å². The molecule has 4 nitrogen and oxygen atoms in total. The minimum Gasteiger partial charge on any atom is -0.262 e. The molecule has 3 aromatic rings. The molecule has 0 saturated heterocycles. The summed E-state index contributed by atoms with van der Waals surface area (Å²) in [6.07, 6.45) is 0. The van der Waals surface area contributed by atoms with Gasteiger partial charge in [0.15, 0.2) is 11.5 Å². The minimum atomic E-state index is 0.0720. The number of benzene rings is 1. The van der Waals surface area contributed by atoms with Gasteiger partial charge in [-0.05, 0) is 6.07 Å². The van der Waals surface area contributed by atoms with E-state index in [1.807, 2.05) is 30.3 Å². The Balaban J connectivity index is 2.46. The standard InChI is InChI=1S/C13H4BrCl3N4/c14-8-4-2-1-3-6(8)12-19-20-13-10(16)9(15)7(5-18)11(17)21(12)13/h1-4H. The van der Waals surface area contributed by atoms with Crippen LogP contribution in [0, 0.1) is 11.3 Å². The summed E-state index contributed by atoms with van der Waals surface area (Å²) in [5.74, 6) is 0.470. The Hall–Kier alpha value is -1.32. The molecule has 104 valence electrons. The van der Waals surface area contributed by atoms with Gasteiger partial charge in [-0.25, -0.2) is 0 Å². The molecule has 0 bridgehead atoms. The molecular formula is C13H4BrCl3N4. The quantitative estimate of drug-likeness (QED) is 0.539. The molecule has 0 atom stereocenters. The van der Waals surface area contributed by atoms with E-state index in [1.165, 1.54) is 4.40 Å². The Bertz CT molecular complexity index is 914. The Kier molecular flexibility index (Phi) is 3.80. The van der Waals surface area contributed by atoms with Crippen molar-refractivity contribution < 1.29 is 0 Å². The summed E-state index contributed by atoms with van der Waals surface area (Å²) < 4.78 is 2.33. The summed E-state index contributed by atoms with van der Waals surface area (Å²) in [4.78, 5) is 0. The van der Waals surface area contributed by atoms with Gasteiger partial charge in [0.25, 0.3) is 0 Å². The molecule has 21 heavy (non-hydrogen) atoms. The molecule has 0 spiro atoms. The second-order valence-corrected chi connectivity index (χ2v) is 6.04. The van der Waals surface area contributed by atoms with E-state index < -0.39 is 0 Å². The zero-order valence-corrected chi connectivity index (χ0v) is 14.0. The van der Waals surface area contributed by atoms with Crippen molar-refractivity contribution in [3.8, 4) is 17.5 Å². The van der Waals surface area contributed by atoms with Crippen LogP contribution >= 0.6 is 50.7 Å². The van der Waals surface area contributed by atoms with Crippen molar-refractivity contribution in [2.75, 3.05) is 0 Å². The van der Waals surface area contributed by atoms with E-state index in [1.54, 1.807) is 0 Å². The van der Waals surface area contributed by atoms with Crippen LogP contribution in [0.2, 0.25) is 15.2 Å². The van der Waals surface area contributed by atoms with Gasteiger partial charge >= 0.3 is 0 Å². The molecule has 8 heteroatoms. The molecule has 0 N–H and O–H groups in total. The van der Waals surface area contributed by atoms with Crippen LogP contribution in [0.25, 0.3) is 17.0 Å². The molecule has 0 aliphatic rings. The van der Waals surface area contributed by atoms with Crippen molar-refractivity contribution in [2.45, 2.75) is 0 Å². The topological polar surface area (TPSA) is 54.0 Å². The molecule has 0 aliphatic carbocycles. The first-order chi connectivity index (χ1) is 10.1. The maximum Gasteiger partial charge on any atom is 0.182 e. The van der Waals surface area contributed by atoms with E-state index in [2.05, 4.69) is 26.1 Å². The molecule has 0 saturated carbocycles. The average Bonchev–Trinajstić information content (AvgIpc) is 2.91. The molecule has 0 unspecified atom stereocenters. The van der Waals surface area contributed by atoms with Crippen molar-refractivity contribution in [2.24, 2.45) is 0 Å². The number of fused-ring (bicyclic) bond motifs is 1. The summed E-state index contributed by atoms with van der Waals surface area (Å²) in [6, 6.07) is 9.40. The number of nitrogens with zero attached hydrogens (tertiary/aromatic N) is 4. The van der Waals surface area contributed by atoms with E-state index in [-0.39, 0.29) is 20.8 Å². The maximum absolute atomic E-state index is 9.20. The van der Waals surface area contributed by atoms with Gasteiger partial charge < -0.3 is 0 Å². The summed E-state index contributed by atoms with van der Waals surface area (Å²) in [5, 5.41) is 17.7. The highest BCUT2D eigenvalue weighted by atomic mass is 79.9. The lowest BCUT2D eigenvalue weighted by atomic mass is 10.2. The van der Waals surface area contributed by atoms with Crippen molar-refractivity contribution in [1.82, 2.24) is 14.6 Å². The molecular weight excluding hydrogens is 398 g/mol. The van der Waals surface area contributed by atoms with Gasteiger partial charge in [-0.15, -0.1) is 10.2 Å². The Morgan fingerprint density at radius 2 is 1.81 bits per heavy atom. The smallest absolute Gasteiger partial charge is 0.182 e. The van der Waals surface area contributed by atoms with Gasteiger partial charge in [0.2, 0.25) is 0 Å². The first kappa shape index (κ1) is 14.6. The number of aromatic nitrogens is 3. The van der Waals surface area contributed by atoms with Gasteiger partial charge in [-0.3, -0.25) is 4.40 Å². The van der Waals surface area contributed by atoms with Crippen LogP contribution in [-0.2, 0) is 0 Å². The third-order valence-corrected chi connectivity index (χ3v) is 4.78. The fraction of sp³-hybridized carbons (Fsp3) is 0. The van der Waals surface area contributed by atoms with Crippen LogP contribution in [0.1, 0.15) is 5.56 Å². The predicted octanol–water partition coefficient (Wildman–Crippen LogP) is 4.99. The Morgan fingerprint density at radius 3 is 2.48 bits per heavy atom. The summed E-state index contributed by atoms with van der Waals surface area (Å²) >= 11 is 21.9. The molecule has 0 fully saturated rings. The molecule has 0 aliphatic heterocycles. The van der Waals surface area contributed by atoms with Crippen LogP contribution < -0.4 is 0 Å². The minimum absolute atomic E-state index is 0.0720. The van der Waals surface area contributed by atoms with Crippen LogP contribution in [0.15, 0.2) is 28.7 Å². The normalized spacial score (nSPS) is 10.8. The number of nitriles is 1. The number of hydrogen-bond donors (Lipinski definition) is 0. The fourth-order valence-electron chi connectivity index (χ4n) is 1.93. The van der Waals surface area contributed by atoms with Crippen molar-refractivity contribution >= 4 is 56.4 Å². The first-order valence-corrected chi connectivity index (χ1v) is 7.55. The van der Waals surface area contributed by atoms with E-state index in [9.17, 15) is 5.26 Å². The lowest BCUT2D eigenvalue weighted by molar-refractivity contribution is 1.11. The van der Waals surface area contributed by atoms with Crippen LogP contribution in [0.3, 0.4) is 0 Å². The van der Waals surface area contributed by atoms with Gasteiger partial charge in [0, 0.05) is 10.0 Å². The molecule has 2 heterocycles. The van der Waals surface area contributed by atoms with E-state index in [4.69, 9.17) is 34.8 Å². The lowest BCUT2D eigenvalue weighted by Crippen LogP contribution is -1.97. The Morgan fingerprint density at radius 1 is 1.10 bits per heavy atom. The molecule has 0 radical (unpaired) electrons. The molecule has 1 aromatic carbocycles. The summed E-state index contributed by atoms with van der Waals surface area (Å²) in [6.45, 7) is 0. The monoisotopic (exact) mass is 400 g/mol. The maximum atomic E-state index is 9.20. The van der Waals surface area contributed by atoms with E-state index in [0.29, 0.717) is 11.5 Å². The highest BCUT2D eigenvalue weighted by Gasteiger charge is 2.22. The lowest BCUT2D eigenvalue weighted by Gasteiger charge is -2.08. The average molecular weight is 402 g/mol. The molecule has 3 rings (SSSR count). The highest BCUT2D eigenvalue weighted by molar-refractivity contribution is 9.10. The first-order valence-electron chi connectivity index (χ1n) is 5.62. The third-order valence-electron chi connectivity index (χ3n) is 2.90. The van der Waals surface area contributed by atoms with Gasteiger partial charge in [-0.2, -0.15) is 5.26 Å². The van der Waals surface area contributed by atoms with Gasteiger partial charge in [-0.1, -0.05) is 68.9 Å². The molecule has 0 amide bonds. The SMILES string of the molecule is N#Cc1c(Cl)c(Cl)c2nnc(-c3ccccc3Br)n2c1Cl.